The molecule has 0 aliphatic rings. The summed E-state index contributed by atoms with van der Waals surface area (Å²) in [4.78, 5) is 24.7. The fraction of sp³-hybridized carbons (Fsp3) is 0. The van der Waals surface area contributed by atoms with Gasteiger partial charge in [0.05, 0.1) is 5.56 Å². The van der Waals surface area contributed by atoms with Crippen molar-refractivity contribution in [1.29, 1.82) is 0 Å². The molecule has 1 aromatic carbocycles. The van der Waals surface area contributed by atoms with E-state index in [-0.39, 0.29) is 11.1 Å². The monoisotopic (exact) mass is 221 g/mol. The lowest BCUT2D eigenvalue weighted by Gasteiger charge is -2.03. The summed E-state index contributed by atoms with van der Waals surface area (Å²) >= 11 is 0. The maximum Gasteiger partial charge on any atom is 0.268 e. The maximum absolute atomic E-state index is 13.4. The van der Waals surface area contributed by atoms with E-state index in [0.717, 1.165) is 6.07 Å². The Bertz CT molecular complexity index is 621. The van der Waals surface area contributed by atoms with E-state index in [4.69, 9.17) is 5.84 Å². The minimum absolute atomic E-state index is 0.211. The van der Waals surface area contributed by atoms with Crippen molar-refractivity contribution in [2.45, 2.75) is 0 Å². The van der Waals surface area contributed by atoms with Gasteiger partial charge in [-0.1, -0.05) is 0 Å². The summed E-state index contributed by atoms with van der Waals surface area (Å²) < 4.78 is 13.4. The summed E-state index contributed by atoms with van der Waals surface area (Å²) in [5.41, 5.74) is 1.68. The maximum atomic E-state index is 13.4. The van der Waals surface area contributed by atoms with Crippen LogP contribution in [-0.4, -0.2) is 10.9 Å². The van der Waals surface area contributed by atoms with E-state index in [1.807, 2.05) is 5.43 Å². The van der Waals surface area contributed by atoms with E-state index < -0.39 is 11.7 Å². The number of halogens is 1. The third kappa shape index (κ3) is 1.66. The highest BCUT2D eigenvalue weighted by molar-refractivity contribution is 5.97. The van der Waals surface area contributed by atoms with Gasteiger partial charge in [0.1, 0.15) is 5.82 Å². The number of carbonyl (C=O) groups excluding carboxylic acids is 1. The van der Waals surface area contributed by atoms with E-state index in [1.54, 1.807) is 0 Å². The van der Waals surface area contributed by atoms with Crippen LogP contribution in [0, 0.1) is 5.82 Å². The number of nitrogens with two attached hydrogens (primary N) is 1. The lowest BCUT2D eigenvalue weighted by Crippen LogP contribution is -2.30. The molecular weight excluding hydrogens is 213 g/mol. The number of H-pyrrole nitrogens is 1. The normalized spacial score (nSPS) is 10.4. The number of nitrogen functional groups attached to an aromatic ring is 1. The van der Waals surface area contributed by atoms with Gasteiger partial charge in [-0.15, -0.1) is 0 Å². The quantitative estimate of drug-likeness (QED) is 0.367. The first kappa shape index (κ1) is 10.3. The summed E-state index contributed by atoms with van der Waals surface area (Å²) in [5.74, 6) is 3.47. The number of pyridine rings is 1. The predicted octanol–water partition coefficient (Wildman–Crippen LogP) is 0.271. The van der Waals surface area contributed by atoms with Crippen LogP contribution in [0.3, 0.4) is 0 Å². The second-order valence-corrected chi connectivity index (χ2v) is 3.22. The second kappa shape index (κ2) is 3.74. The van der Waals surface area contributed by atoms with Crippen LogP contribution < -0.4 is 16.8 Å². The summed E-state index contributed by atoms with van der Waals surface area (Å²) in [5, 5.41) is 0.505. The van der Waals surface area contributed by atoms with Gasteiger partial charge in [0.2, 0.25) is 5.56 Å². The van der Waals surface area contributed by atoms with Crippen LogP contribution in [-0.2, 0) is 0 Å². The molecular formula is C10H8FN3O2. The molecule has 0 radical (unpaired) electrons. The predicted molar refractivity (Wildman–Crippen MR) is 56.2 cm³/mol. The van der Waals surface area contributed by atoms with Gasteiger partial charge in [-0.25, -0.2) is 10.2 Å². The van der Waals surface area contributed by atoms with Gasteiger partial charge in [0.25, 0.3) is 5.91 Å². The van der Waals surface area contributed by atoms with Crippen LogP contribution >= 0.6 is 0 Å². The molecule has 0 atom stereocenters. The van der Waals surface area contributed by atoms with E-state index in [1.165, 1.54) is 18.2 Å². The van der Waals surface area contributed by atoms with Crippen molar-refractivity contribution in [3.8, 4) is 0 Å². The first-order valence-electron chi connectivity index (χ1n) is 4.45. The zero-order chi connectivity index (χ0) is 11.7. The Morgan fingerprint density at radius 3 is 2.81 bits per heavy atom. The molecule has 2 rings (SSSR count). The Labute approximate surface area is 89.0 Å². The van der Waals surface area contributed by atoms with E-state index in [0.29, 0.717) is 10.9 Å². The minimum Gasteiger partial charge on any atom is -0.322 e. The minimum atomic E-state index is -0.746. The van der Waals surface area contributed by atoms with Gasteiger partial charge in [-0.2, -0.15) is 0 Å². The molecule has 0 saturated heterocycles. The Morgan fingerprint density at radius 2 is 2.12 bits per heavy atom. The van der Waals surface area contributed by atoms with Crippen molar-refractivity contribution < 1.29 is 9.18 Å². The lowest BCUT2D eigenvalue weighted by atomic mass is 10.1. The number of hydrazine groups is 1. The van der Waals surface area contributed by atoms with Gasteiger partial charge >= 0.3 is 0 Å². The van der Waals surface area contributed by atoms with Gasteiger partial charge < -0.3 is 4.98 Å². The topological polar surface area (TPSA) is 88.0 Å². The average molecular weight is 221 g/mol. The molecule has 0 spiro atoms. The molecule has 0 unspecified atom stereocenters. The number of hydrogen-bond donors (Lipinski definition) is 3. The van der Waals surface area contributed by atoms with Crippen molar-refractivity contribution in [3.05, 3.63) is 46.0 Å². The third-order valence-corrected chi connectivity index (χ3v) is 2.19. The fourth-order valence-corrected chi connectivity index (χ4v) is 1.43. The summed E-state index contributed by atoms with van der Waals surface area (Å²) in [6, 6.07) is 5.16. The highest BCUT2D eigenvalue weighted by atomic mass is 19.1. The molecule has 1 aromatic heterocycles. The Hall–Kier alpha value is -2.21. The number of aromatic nitrogens is 1. The number of fused-ring (bicyclic) bond motifs is 1. The smallest absolute Gasteiger partial charge is 0.268 e. The molecule has 6 heteroatoms. The molecule has 5 nitrogen and oxygen atoms in total. The number of aromatic amines is 1. The molecule has 82 valence electrons. The van der Waals surface area contributed by atoms with Gasteiger partial charge in [0, 0.05) is 17.0 Å². The summed E-state index contributed by atoms with van der Waals surface area (Å²) in [7, 11) is 0. The van der Waals surface area contributed by atoms with Crippen LogP contribution in [0.5, 0.6) is 0 Å². The van der Waals surface area contributed by atoms with Crippen LogP contribution in [0.2, 0.25) is 0 Å². The molecule has 16 heavy (non-hydrogen) atoms. The molecule has 0 aliphatic carbocycles. The first-order valence-corrected chi connectivity index (χ1v) is 4.45. The van der Waals surface area contributed by atoms with Crippen molar-refractivity contribution in [2.75, 3.05) is 0 Å². The highest BCUT2D eigenvalue weighted by Gasteiger charge is 2.11. The number of rotatable bonds is 1. The molecule has 0 bridgehead atoms. The Kier molecular flexibility index (Phi) is 2.41. The highest BCUT2D eigenvalue weighted by Crippen LogP contribution is 2.16. The number of benzene rings is 1. The zero-order valence-corrected chi connectivity index (χ0v) is 8.08. The number of amides is 1. The number of hydrogen-bond acceptors (Lipinski definition) is 3. The van der Waals surface area contributed by atoms with Gasteiger partial charge in [-0.05, 0) is 18.2 Å². The largest absolute Gasteiger partial charge is 0.322 e. The first-order chi connectivity index (χ1) is 7.61. The van der Waals surface area contributed by atoms with E-state index >= 15 is 0 Å². The molecule has 0 saturated carbocycles. The van der Waals surface area contributed by atoms with Gasteiger partial charge in [-0.3, -0.25) is 15.0 Å². The van der Waals surface area contributed by atoms with Crippen molar-refractivity contribution in [2.24, 2.45) is 5.84 Å². The lowest BCUT2D eigenvalue weighted by molar-refractivity contribution is 0.0950. The SMILES string of the molecule is NNC(=O)c1cc2[nH]c(=O)ccc2cc1F. The van der Waals surface area contributed by atoms with Crippen LogP contribution in [0.4, 0.5) is 4.39 Å². The second-order valence-electron chi connectivity index (χ2n) is 3.22. The molecule has 0 aliphatic heterocycles. The summed E-state index contributed by atoms with van der Waals surface area (Å²) in [6.45, 7) is 0. The standard InChI is InChI=1S/C10H8FN3O2/c11-7-3-5-1-2-9(15)13-8(5)4-6(7)10(16)14-12/h1-4H,12H2,(H,13,15)(H,14,16). The summed E-state index contributed by atoms with van der Waals surface area (Å²) in [6.07, 6.45) is 0. The molecule has 1 heterocycles. The molecule has 4 N–H and O–H groups in total. The molecule has 1 amide bonds. The van der Waals surface area contributed by atoms with E-state index in [9.17, 15) is 14.0 Å². The Morgan fingerprint density at radius 1 is 1.38 bits per heavy atom. The van der Waals surface area contributed by atoms with Crippen molar-refractivity contribution in [1.82, 2.24) is 10.4 Å². The van der Waals surface area contributed by atoms with Crippen LogP contribution in [0.1, 0.15) is 10.4 Å². The van der Waals surface area contributed by atoms with Crippen molar-refractivity contribution >= 4 is 16.8 Å². The Balaban J connectivity index is 2.73. The average Bonchev–Trinajstić information content (AvgIpc) is 2.28. The third-order valence-electron chi connectivity index (χ3n) is 2.19. The van der Waals surface area contributed by atoms with Crippen molar-refractivity contribution in [3.63, 3.8) is 0 Å². The van der Waals surface area contributed by atoms with E-state index in [2.05, 4.69) is 4.98 Å². The van der Waals surface area contributed by atoms with Crippen LogP contribution in [0.15, 0.2) is 29.1 Å². The zero-order valence-electron chi connectivity index (χ0n) is 8.08. The fourth-order valence-electron chi connectivity index (χ4n) is 1.43. The molecule has 2 aromatic rings. The number of nitrogens with one attached hydrogen (secondary N) is 2. The van der Waals surface area contributed by atoms with Gasteiger partial charge in [0.15, 0.2) is 0 Å². The number of carbonyl (C=O) groups is 1. The molecule has 0 fully saturated rings. The van der Waals surface area contributed by atoms with Crippen LogP contribution in [0.25, 0.3) is 10.9 Å².